The summed E-state index contributed by atoms with van der Waals surface area (Å²) in [5.41, 5.74) is 0.593. The van der Waals surface area contributed by atoms with Crippen LogP contribution in [0.2, 0.25) is 0 Å². The molecule has 2 rings (SSSR count). The van der Waals surface area contributed by atoms with Crippen molar-refractivity contribution in [1.29, 1.82) is 0 Å². The van der Waals surface area contributed by atoms with Gasteiger partial charge in [0, 0.05) is 37.8 Å². The van der Waals surface area contributed by atoms with Gasteiger partial charge in [0.2, 0.25) is 0 Å². The fourth-order valence-corrected chi connectivity index (χ4v) is 3.30. The minimum absolute atomic E-state index is 0.173. The summed E-state index contributed by atoms with van der Waals surface area (Å²) in [4.78, 5) is 2.61. The topological polar surface area (TPSA) is 24.5 Å². The van der Waals surface area contributed by atoms with Crippen LogP contribution in [0.5, 0.6) is 0 Å². The number of hydrogen-bond acceptors (Lipinski definition) is 3. The third-order valence-electron chi connectivity index (χ3n) is 4.29. The molecule has 0 radical (unpaired) electrons. The van der Waals surface area contributed by atoms with E-state index in [1.54, 1.807) is 7.11 Å². The van der Waals surface area contributed by atoms with Crippen molar-refractivity contribution in [3.8, 4) is 0 Å². The molecule has 3 heteroatoms. The first-order chi connectivity index (χ1) is 7.58. The van der Waals surface area contributed by atoms with Gasteiger partial charge in [0.15, 0.2) is 0 Å². The molecule has 0 amide bonds. The van der Waals surface area contributed by atoms with Crippen molar-refractivity contribution in [2.45, 2.75) is 50.6 Å². The third-order valence-corrected chi connectivity index (χ3v) is 4.29. The van der Waals surface area contributed by atoms with Crippen LogP contribution in [0.15, 0.2) is 0 Å². The van der Waals surface area contributed by atoms with Crippen LogP contribution in [0, 0.1) is 0 Å². The molecule has 0 bridgehead atoms. The van der Waals surface area contributed by atoms with E-state index < -0.39 is 0 Å². The molecule has 2 fully saturated rings. The Balaban J connectivity index is 2.00. The zero-order chi connectivity index (χ0) is 11.6. The molecule has 1 saturated heterocycles. The number of ether oxygens (including phenoxy) is 1. The van der Waals surface area contributed by atoms with Crippen molar-refractivity contribution in [2.24, 2.45) is 0 Å². The van der Waals surface area contributed by atoms with Crippen molar-refractivity contribution in [2.75, 3.05) is 33.4 Å². The van der Waals surface area contributed by atoms with Gasteiger partial charge in [0.1, 0.15) is 0 Å². The van der Waals surface area contributed by atoms with Crippen LogP contribution >= 0.6 is 0 Å². The second kappa shape index (κ2) is 4.63. The summed E-state index contributed by atoms with van der Waals surface area (Å²) in [7, 11) is 1.80. The summed E-state index contributed by atoms with van der Waals surface area (Å²) in [6.07, 6.45) is 5.50. The second-order valence-electron chi connectivity index (χ2n) is 6.08. The van der Waals surface area contributed by atoms with Crippen LogP contribution in [0.3, 0.4) is 0 Å². The summed E-state index contributed by atoms with van der Waals surface area (Å²) in [6, 6.07) is 0. The maximum absolute atomic E-state index is 5.35. The maximum atomic E-state index is 5.35. The van der Waals surface area contributed by atoms with Gasteiger partial charge >= 0.3 is 0 Å². The highest BCUT2D eigenvalue weighted by molar-refractivity contribution is 5.01. The SMILES string of the molecule is COCC(C)(C)N1CCNC2(CCCC2)C1. The predicted octanol–water partition coefficient (Wildman–Crippen LogP) is 1.63. The van der Waals surface area contributed by atoms with Gasteiger partial charge in [-0.15, -0.1) is 0 Å². The van der Waals surface area contributed by atoms with E-state index >= 15 is 0 Å². The van der Waals surface area contributed by atoms with Gasteiger partial charge in [-0.3, -0.25) is 4.90 Å². The first kappa shape index (κ1) is 12.3. The molecular formula is C13H26N2O. The van der Waals surface area contributed by atoms with E-state index in [0.29, 0.717) is 5.54 Å². The van der Waals surface area contributed by atoms with E-state index in [2.05, 4.69) is 24.1 Å². The number of methoxy groups -OCH3 is 1. The Morgan fingerprint density at radius 3 is 2.62 bits per heavy atom. The zero-order valence-corrected chi connectivity index (χ0v) is 11.0. The minimum Gasteiger partial charge on any atom is -0.383 e. The zero-order valence-electron chi connectivity index (χ0n) is 11.0. The molecule has 3 nitrogen and oxygen atoms in total. The molecule has 0 aromatic heterocycles. The smallest absolute Gasteiger partial charge is 0.0641 e. The van der Waals surface area contributed by atoms with Gasteiger partial charge in [-0.25, -0.2) is 0 Å². The first-order valence-electron chi connectivity index (χ1n) is 6.57. The average Bonchev–Trinajstić information content (AvgIpc) is 2.66. The van der Waals surface area contributed by atoms with Crippen molar-refractivity contribution in [3.05, 3.63) is 0 Å². The molecule has 0 atom stereocenters. The summed E-state index contributed by atoms with van der Waals surface area (Å²) in [5.74, 6) is 0. The van der Waals surface area contributed by atoms with Crippen LogP contribution in [-0.2, 0) is 4.74 Å². The van der Waals surface area contributed by atoms with Gasteiger partial charge in [0.05, 0.1) is 6.61 Å². The Kier molecular flexibility index (Phi) is 3.57. The normalized spacial score (nSPS) is 26.4. The highest BCUT2D eigenvalue weighted by Gasteiger charge is 2.41. The average molecular weight is 226 g/mol. The lowest BCUT2D eigenvalue weighted by molar-refractivity contribution is -0.00229. The van der Waals surface area contributed by atoms with E-state index in [1.165, 1.54) is 32.2 Å². The Morgan fingerprint density at radius 2 is 2.00 bits per heavy atom. The minimum atomic E-state index is 0.173. The van der Waals surface area contributed by atoms with Crippen LogP contribution in [-0.4, -0.2) is 49.3 Å². The van der Waals surface area contributed by atoms with E-state index in [9.17, 15) is 0 Å². The summed E-state index contributed by atoms with van der Waals surface area (Å²) >= 11 is 0. The second-order valence-corrected chi connectivity index (χ2v) is 6.08. The van der Waals surface area contributed by atoms with Gasteiger partial charge in [-0.05, 0) is 26.7 Å². The van der Waals surface area contributed by atoms with E-state index in [0.717, 1.165) is 19.7 Å². The summed E-state index contributed by atoms with van der Waals surface area (Å²) < 4.78 is 5.35. The first-order valence-corrected chi connectivity index (χ1v) is 6.57. The molecule has 1 spiro atoms. The molecule has 16 heavy (non-hydrogen) atoms. The van der Waals surface area contributed by atoms with Crippen LogP contribution < -0.4 is 5.32 Å². The lowest BCUT2D eigenvalue weighted by Crippen LogP contribution is -2.64. The highest BCUT2D eigenvalue weighted by atomic mass is 16.5. The molecule has 94 valence electrons. The highest BCUT2D eigenvalue weighted by Crippen LogP contribution is 2.33. The molecule has 2 aliphatic rings. The third kappa shape index (κ3) is 2.41. The van der Waals surface area contributed by atoms with Gasteiger partial charge in [-0.2, -0.15) is 0 Å². The van der Waals surface area contributed by atoms with E-state index in [4.69, 9.17) is 4.74 Å². The fourth-order valence-electron chi connectivity index (χ4n) is 3.30. The van der Waals surface area contributed by atoms with Crippen molar-refractivity contribution in [1.82, 2.24) is 10.2 Å². The van der Waals surface area contributed by atoms with E-state index in [-0.39, 0.29) is 5.54 Å². The van der Waals surface area contributed by atoms with Crippen LogP contribution in [0.4, 0.5) is 0 Å². The summed E-state index contributed by atoms with van der Waals surface area (Å²) in [6.45, 7) is 8.90. The molecule has 0 aromatic rings. The van der Waals surface area contributed by atoms with Gasteiger partial charge in [0.25, 0.3) is 0 Å². The molecule has 1 N–H and O–H groups in total. The Bertz CT molecular complexity index is 234. The number of rotatable bonds is 3. The Hall–Kier alpha value is -0.120. The lowest BCUT2D eigenvalue weighted by Gasteiger charge is -2.48. The van der Waals surface area contributed by atoms with Crippen LogP contribution in [0.25, 0.3) is 0 Å². The van der Waals surface area contributed by atoms with Crippen molar-refractivity contribution >= 4 is 0 Å². The molecule has 1 saturated carbocycles. The molecule has 1 aliphatic carbocycles. The Morgan fingerprint density at radius 1 is 1.31 bits per heavy atom. The monoisotopic (exact) mass is 226 g/mol. The molecular weight excluding hydrogens is 200 g/mol. The lowest BCUT2D eigenvalue weighted by atomic mass is 9.91. The maximum Gasteiger partial charge on any atom is 0.0641 e. The quantitative estimate of drug-likeness (QED) is 0.791. The fraction of sp³-hybridized carbons (Fsp3) is 1.00. The standard InChI is InChI=1S/C13H26N2O/c1-12(2,11-16-3)15-9-8-14-13(10-15)6-4-5-7-13/h14H,4-11H2,1-3H3. The largest absolute Gasteiger partial charge is 0.383 e. The number of hydrogen-bond donors (Lipinski definition) is 1. The Labute approximate surface area is 99.5 Å². The van der Waals surface area contributed by atoms with Crippen LogP contribution in [0.1, 0.15) is 39.5 Å². The van der Waals surface area contributed by atoms with E-state index in [1.807, 2.05) is 0 Å². The molecule has 1 aliphatic heterocycles. The molecule has 0 unspecified atom stereocenters. The van der Waals surface area contributed by atoms with Gasteiger partial charge < -0.3 is 10.1 Å². The van der Waals surface area contributed by atoms with Gasteiger partial charge in [-0.1, -0.05) is 12.8 Å². The molecule has 0 aromatic carbocycles. The number of nitrogens with one attached hydrogen (secondary N) is 1. The predicted molar refractivity (Wildman–Crippen MR) is 66.7 cm³/mol. The van der Waals surface area contributed by atoms with Crippen molar-refractivity contribution < 1.29 is 4.74 Å². The number of piperazine rings is 1. The number of nitrogens with zero attached hydrogens (tertiary/aromatic N) is 1. The summed E-state index contributed by atoms with van der Waals surface area (Å²) in [5, 5.41) is 3.76. The van der Waals surface area contributed by atoms with Crippen molar-refractivity contribution in [3.63, 3.8) is 0 Å². The molecule has 1 heterocycles.